The standard InChI is InChI=1S/C10H18N4O2S/c1-14-8-9(6-12-14)7-13-17(15,16)5-4-11-10-2-3-10/h6,8,10-11,13H,2-5,7H2,1H3. The first-order valence-electron chi connectivity index (χ1n) is 5.73. The molecule has 2 rings (SSSR count). The highest BCUT2D eigenvalue weighted by molar-refractivity contribution is 7.89. The Labute approximate surface area is 101 Å². The van der Waals surface area contributed by atoms with E-state index in [1.807, 2.05) is 0 Å². The van der Waals surface area contributed by atoms with Crippen molar-refractivity contribution >= 4 is 10.0 Å². The Kier molecular flexibility index (Phi) is 3.80. The second-order valence-corrected chi connectivity index (χ2v) is 6.32. The molecule has 96 valence electrons. The van der Waals surface area contributed by atoms with Gasteiger partial charge in [0.25, 0.3) is 0 Å². The molecule has 7 heteroatoms. The predicted octanol–water partition coefficient (Wildman–Crippen LogP) is -0.408. The number of nitrogens with one attached hydrogen (secondary N) is 2. The summed E-state index contributed by atoms with van der Waals surface area (Å²) < 4.78 is 27.5. The fourth-order valence-electron chi connectivity index (χ4n) is 1.51. The van der Waals surface area contributed by atoms with Crippen molar-refractivity contribution in [3.8, 4) is 0 Å². The summed E-state index contributed by atoms with van der Waals surface area (Å²) >= 11 is 0. The minimum absolute atomic E-state index is 0.129. The topological polar surface area (TPSA) is 76.0 Å². The van der Waals surface area contributed by atoms with Gasteiger partial charge in [-0.3, -0.25) is 4.68 Å². The summed E-state index contributed by atoms with van der Waals surface area (Å²) in [5.41, 5.74) is 0.867. The van der Waals surface area contributed by atoms with Crippen LogP contribution in [0.15, 0.2) is 12.4 Å². The van der Waals surface area contributed by atoms with Crippen molar-refractivity contribution in [2.45, 2.75) is 25.4 Å². The molecule has 1 fully saturated rings. The lowest BCUT2D eigenvalue weighted by molar-refractivity contribution is 0.576. The Hall–Kier alpha value is -0.920. The number of rotatable bonds is 7. The van der Waals surface area contributed by atoms with Crippen molar-refractivity contribution in [3.63, 3.8) is 0 Å². The fourth-order valence-corrected chi connectivity index (χ4v) is 2.43. The fraction of sp³-hybridized carbons (Fsp3) is 0.700. The van der Waals surface area contributed by atoms with E-state index in [1.165, 1.54) is 12.8 Å². The summed E-state index contributed by atoms with van der Waals surface area (Å²) in [7, 11) is -1.38. The van der Waals surface area contributed by atoms with Gasteiger partial charge >= 0.3 is 0 Å². The molecular weight excluding hydrogens is 240 g/mol. The Morgan fingerprint density at radius 2 is 2.29 bits per heavy atom. The number of nitrogens with zero attached hydrogens (tertiary/aromatic N) is 2. The van der Waals surface area contributed by atoms with Crippen LogP contribution in [-0.2, 0) is 23.6 Å². The first-order valence-corrected chi connectivity index (χ1v) is 7.39. The van der Waals surface area contributed by atoms with Gasteiger partial charge in [0.15, 0.2) is 0 Å². The third kappa shape index (κ3) is 4.45. The number of hydrogen-bond donors (Lipinski definition) is 2. The van der Waals surface area contributed by atoms with E-state index < -0.39 is 10.0 Å². The zero-order chi connectivity index (χ0) is 12.3. The van der Waals surface area contributed by atoms with Gasteiger partial charge in [-0.1, -0.05) is 0 Å². The van der Waals surface area contributed by atoms with E-state index >= 15 is 0 Å². The first kappa shape index (κ1) is 12.5. The third-order valence-corrected chi connectivity index (χ3v) is 3.96. The first-order chi connectivity index (χ1) is 8.05. The molecule has 0 bridgehead atoms. The monoisotopic (exact) mass is 258 g/mol. The van der Waals surface area contributed by atoms with E-state index in [2.05, 4.69) is 15.1 Å². The smallest absolute Gasteiger partial charge is 0.213 e. The van der Waals surface area contributed by atoms with E-state index in [0.717, 1.165) is 5.56 Å². The quantitative estimate of drug-likeness (QED) is 0.697. The van der Waals surface area contributed by atoms with Gasteiger partial charge in [0.05, 0.1) is 11.9 Å². The van der Waals surface area contributed by atoms with Crippen LogP contribution >= 0.6 is 0 Å². The van der Waals surface area contributed by atoms with Crippen molar-refractivity contribution in [3.05, 3.63) is 18.0 Å². The van der Waals surface area contributed by atoms with Gasteiger partial charge in [-0.2, -0.15) is 5.10 Å². The highest BCUT2D eigenvalue weighted by atomic mass is 32.2. The highest BCUT2D eigenvalue weighted by Gasteiger charge is 2.21. The van der Waals surface area contributed by atoms with Gasteiger partial charge < -0.3 is 5.32 Å². The molecule has 2 N–H and O–H groups in total. The lowest BCUT2D eigenvalue weighted by atomic mass is 10.4. The maximum absolute atomic E-state index is 11.6. The molecule has 1 aromatic heterocycles. The SMILES string of the molecule is Cn1cc(CNS(=O)(=O)CCNC2CC2)cn1. The van der Waals surface area contributed by atoms with E-state index in [9.17, 15) is 8.42 Å². The molecule has 0 radical (unpaired) electrons. The van der Waals surface area contributed by atoms with Crippen LogP contribution in [0.4, 0.5) is 0 Å². The van der Waals surface area contributed by atoms with Crippen LogP contribution in [0.5, 0.6) is 0 Å². The molecule has 1 aromatic rings. The largest absolute Gasteiger partial charge is 0.313 e. The van der Waals surface area contributed by atoms with Crippen molar-refractivity contribution in [2.75, 3.05) is 12.3 Å². The average Bonchev–Trinajstić information content (AvgIpc) is 2.98. The summed E-state index contributed by atoms with van der Waals surface area (Å²) in [5, 5.41) is 7.16. The molecule has 0 unspecified atom stereocenters. The third-order valence-electron chi connectivity index (χ3n) is 2.64. The van der Waals surface area contributed by atoms with Gasteiger partial charge in [0, 0.05) is 37.9 Å². The zero-order valence-corrected chi connectivity index (χ0v) is 10.7. The maximum atomic E-state index is 11.6. The maximum Gasteiger partial charge on any atom is 0.213 e. The molecule has 1 aliphatic rings. The molecule has 0 spiro atoms. The Balaban J connectivity index is 1.72. The van der Waals surface area contributed by atoms with Gasteiger partial charge in [0.2, 0.25) is 10.0 Å². The predicted molar refractivity (Wildman–Crippen MR) is 64.9 cm³/mol. The van der Waals surface area contributed by atoms with Crippen LogP contribution in [0.3, 0.4) is 0 Å². The summed E-state index contributed by atoms with van der Waals surface area (Å²) in [5.74, 6) is 0.129. The molecule has 0 saturated heterocycles. The molecule has 1 saturated carbocycles. The highest BCUT2D eigenvalue weighted by Crippen LogP contribution is 2.17. The van der Waals surface area contributed by atoms with Gasteiger partial charge in [0.1, 0.15) is 0 Å². The zero-order valence-electron chi connectivity index (χ0n) is 9.89. The summed E-state index contributed by atoms with van der Waals surface area (Å²) in [4.78, 5) is 0. The minimum atomic E-state index is -3.19. The van der Waals surface area contributed by atoms with Crippen LogP contribution in [0.2, 0.25) is 0 Å². The normalized spacial score (nSPS) is 16.3. The van der Waals surface area contributed by atoms with Crippen molar-refractivity contribution < 1.29 is 8.42 Å². The molecular formula is C10H18N4O2S. The minimum Gasteiger partial charge on any atom is -0.313 e. The van der Waals surface area contributed by atoms with Gasteiger partial charge in [-0.25, -0.2) is 13.1 Å². The van der Waals surface area contributed by atoms with E-state index in [4.69, 9.17) is 0 Å². The van der Waals surface area contributed by atoms with Crippen molar-refractivity contribution in [1.29, 1.82) is 0 Å². The molecule has 0 aliphatic heterocycles. The molecule has 6 nitrogen and oxygen atoms in total. The van der Waals surface area contributed by atoms with E-state index in [1.54, 1.807) is 24.1 Å². The summed E-state index contributed by atoms with van der Waals surface area (Å²) in [6, 6.07) is 0.545. The molecule has 17 heavy (non-hydrogen) atoms. The Bertz CT molecular complexity index is 464. The molecule has 0 aromatic carbocycles. The molecule has 0 atom stereocenters. The van der Waals surface area contributed by atoms with E-state index in [-0.39, 0.29) is 5.75 Å². The second kappa shape index (κ2) is 5.16. The molecule has 1 aliphatic carbocycles. The average molecular weight is 258 g/mol. The lowest BCUT2D eigenvalue weighted by Crippen LogP contribution is -2.32. The Morgan fingerprint density at radius 1 is 1.53 bits per heavy atom. The number of hydrogen-bond acceptors (Lipinski definition) is 4. The number of aromatic nitrogens is 2. The van der Waals surface area contributed by atoms with Crippen LogP contribution in [0, 0.1) is 0 Å². The van der Waals surface area contributed by atoms with Crippen molar-refractivity contribution in [2.24, 2.45) is 7.05 Å². The number of aryl methyl sites for hydroxylation is 1. The Morgan fingerprint density at radius 3 is 2.88 bits per heavy atom. The second-order valence-electron chi connectivity index (χ2n) is 4.39. The molecule has 0 amide bonds. The van der Waals surface area contributed by atoms with Crippen LogP contribution in [0.1, 0.15) is 18.4 Å². The van der Waals surface area contributed by atoms with Crippen LogP contribution < -0.4 is 10.0 Å². The van der Waals surface area contributed by atoms with Crippen LogP contribution in [-0.4, -0.2) is 36.5 Å². The number of sulfonamides is 1. The van der Waals surface area contributed by atoms with Gasteiger partial charge in [-0.05, 0) is 12.8 Å². The molecule has 1 heterocycles. The summed E-state index contributed by atoms with van der Waals surface area (Å²) in [6.45, 7) is 0.826. The van der Waals surface area contributed by atoms with E-state index in [0.29, 0.717) is 19.1 Å². The lowest BCUT2D eigenvalue weighted by Gasteiger charge is -2.06. The summed E-state index contributed by atoms with van der Waals surface area (Å²) in [6.07, 6.45) is 5.79. The van der Waals surface area contributed by atoms with Gasteiger partial charge in [-0.15, -0.1) is 0 Å². The van der Waals surface area contributed by atoms with Crippen LogP contribution in [0.25, 0.3) is 0 Å². The van der Waals surface area contributed by atoms with Crippen molar-refractivity contribution in [1.82, 2.24) is 19.8 Å².